The molecule has 0 aromatic heterocycles. The van der Waals surface area contributed by atoms with Crippen molar-refractivity contribution >= 4 is 11.6 Å². The van der Waals surface area contributed by atoms with E-state index in [1.807, 2.05) is 0 Å². The van der Waals surface area contributed by atoms with E-state index >= 15 is 0 Å². The van der Waals surface area contributed by atoms with Gasteiger partial charge in [0.1, 0.15) is 5.75 Å². The smallest absolute Gasteiger partial charge is 0.406 e. The zero-order valence-corrected chi connectivity index (χ0v) is 10.9. The number of rotatable bonds is 3. The van der Waals surface area contributed by atoms with Gasteiger partial charge in [-0.2, -0.15) is 0 Å². The van der Waals surface area contributed by atoms with Crippen LogP contribution in [0.25, 0.3) is 0 Å². The highest BCUT2D eigenvalue weighted by Crippen LogP contribution is 2.25. The van der Waals surface area contributed by atoms with Gasteiger partial charge in [-0.1, -0.05) is 0 Å². The Kier molecular flexibility index (Phi) is 4.17. The van der Waals surface area contributed by atoms with E-state index < -0.39 is 6.36 Å². The standard InChI is InChI=1S/C13H15F3N2O2/c1-18(12(19)9-6-7-17-8-9)10-2-4-11(5-3-10)20-13(14,15)16/h2-5,9,17H,6-8H2,1H3/t9-/m1/s1. The largest absolute Gasteiger partial charge is 0.573 e. The van der Waals surface area contributed by atoms with Crippen molar-refractivity contribution in [2.24, 2.45) is 5.92 Å². The summed E-state index contributed by atoms with van der Waals surface area (Å²) in [7, 11) is 1.61. The fraction of sp³-hybridized carbons (Fsp3) is 0.462. The summed E-state index contributed by atoms with van der Waals surface area (Å²) in [6.07, 6.45) is -3.93. The molecule has 0 bridgehead atoms. The predicted molar refractivity (Wildman–Crippen MR) is 67.5 cm³/mol. The molecule has 1 aromatic rings. The van der Waals surface area contributed by atoms with Gasteiger partial charge >= 0.3 is 6.36 Å². The summed E-state index contributed by atoms with van der Waals surface area (Å²) in [5.74, 6) is -0.421. The van der Waals surface area contributed by atoms with Gasteiger partial charge in [0, 0.05) is 19.3 Å². The zero-order chi connectivity index (χ0) is 14.8. The fourth-order valence-electron chi connectivity index (χ4n) is 2.14. The molecule has 0 saturated carbocycles. The summed E-state index contributed by atoms with van der Waals surface area (Å²) in [4.78, 5) is 13.6. The first-order chi connectivity index (χ1) is 9.37. The maximum absolute atomic E-state index is 12.1. The van der Waals surface area contributed by atoms with Gasteiger partial charge in [-0.25, -0.2) is 0 Å². The lowest BCUT2D eigenvalue weighted by atomic mass is 10.1. The molecule has 0 unspecified atom stereocenters. The van der Waals surface area contributed by atoms with Crippen LogP contribution in [-0.4, -0.2) is 32.4 Å². The van der Waals surface area contributed by atoms with Crippen LogP contribution in [0.3, 0.4) is 0 Å². The lowest BCUT2D eigenvalue weighted by molar-refractivity contribution is -0.274. The molecule has 0 aliphatic carbocycles. The molecule has 0 spiro atoms. The van der Waals surface area contributed by atoms with Crippen molar-refractivity contribution in [3.8, 4) is 5.75 Å². The average Bonchev–Trinajstić information content (AvgIpc) is 2.90. The van der Waals surface area contributed by atoms with Crippen LogP contribution in [0.15, 0.2) is 24.3 Å². The van der Waals surface area contributed by atoms with E-state index in [1.165, 1.54) is 29.2 Å². The van der Waals surface area contributed by atoms with Crippen molar-refractivity contribution in [2.45, 2.75) is 12.8 Å². The van der Waals surface area contributed by atoms with Crippen LogP contribution in [0.4, 0.5) is 18.9 Å². The van der Waals surface area contributed by atoms with E-state index in [0.29, 0.717) is 12.2 Å². The van der Waals surface area contributed by atoms with Crippen LogP contribution in [0.1, 0.15) is 6.42 Å². The molecule has 20 heavy (non-hydrogen) atoms. The molecule has 1 amide bonds. The van der Waals surface area contributed by atoms with Crippen molar-refractivity contribution in [3.05, 3.63) is 24.3 Å². The van der Waals surface area contributed by atoms with E-state index in [0.717, 1.165) is 13.0 Å². The summed E-state index contributed by atoms with van der Waals surface area (Å²) >= 11 is 0. The third kappa shape index (κ3) is 3.63. The predicted octanol–water partition coefficient (Wildman–Crippen LogP) is 2.16. The number of nitrogens with one attached hydrogen (secondary N) is 1. The summed E-state index contributed by atoms with van der Waals surface area (Å²) in [5, 5.41) is 3.10. The normalized spacial score (nSPS) is 18.9. The Bertz CT molecular complexity index is 467. The monoisotopic (exact) mass is 288 g/mol. The number of alkyl halides is 3. The van der Waals surface area contributed by atoms with E-state index in [-0.39, 0.29) is 17.6 Å². The van der Waals surface area contributed by atoms with Gasteiger partial charge in [0.15, 0.2) is 0 Å². The maximum Gasteiger partial charge on any atom is 0.573 e. The number of carbonyl (C=O) groups excluding carboxylic acids is 1. The van der Waals surface area contributed by atoms with Crippen molar-refractivity contribution in [3.63, 3.8) is 0 Å². The van der Waals surface area contributed by atoms with Gasteiger partial charge in [-0.05, 0) is 37.2 Å². The lowest BCUT2D eigenvalue weighted by Crippen LogP contribution is -2.33. The Balaban J connectivity index is 2.03. The number of nitrogens with zero attached hydrogens (tertiary/aromatic N) is 1. The first-order valence-electron chi connectivity index (χ1n) is 6.21. The fourth-order valence-corrected chi connectivity index (χ4v) is 2.14. The molecular formula is C13H15F3N2O2. The molecule has 1 aliphatic heterocycles. The van der Waals surface area contributed by atoms with Crippen molar-refractivity contribution < 1.29 is 22.7 Å². The van der Waals surface area contributed by atoms with Crippen LogP contribution in [0, 0.1) is 5.92 Å². The number of ether oxygens (including phenoxy) is 1. The SMILES string of the molecule is CN(C(=O)[C@@H]1CCNC1)c1ccc(OC(F)(F)F)cc1. The van der Waals surface area contributed by atoms with Crippen LogP contribution >= 0.6 is 0 Å². The highest BCUT2D eigenvalue weighted by molar-refractivity contribution is 5.94. The summed E-state index contributed by atoms with van der Waals surface area (Å²) in [5.41, 5.74) is 0.538. The molecule has 7 heteroatoms. The van der Waals surface area contributed by atoms with Gasteiger partial charge in [0.2, 0.25) is 5.91 Å². The van der Waals surface area contributed by atoms with Gasteiger partial charge in [0.25, 0.3) is 0 Å². The van der Waals surface area contributed by atoms with Gasteiger partial charge in [-0.3, -0.25) is 4.79 Å². The number of hydrogen-bond donors (Lipinski definition) is 1. The van der Waals surface area contributed by atoms with Gasteiger partial charge < -0.3 is 15.0 Å². The minimum atomic E-state index is -4.71. The Hall–Kier alpha value is -1.76. The molecule has 1 aromatic carbocycles. The van der Waals surface area contributed by atoms with E-state index in [4.69, 9.17) is 0 Å². The molecule has 1 saturated heterocycles. The second-order valence-electron chi connectivity index (χ2n) is 4.63. The second kappa shape index (κ2) is 5.70. The minimum absolute atomic E-state index is 0.0421. The van der Waals surface area contributed by atoms with Crippen molar-refractivity contribution in [1.29, 1.82) is 0 Å². The third-order valence-electron chi connectivity index (χ3n) is 3.20. The number of halogens is 3. The molecule has 1 heterocycles. The molecule has 2 rings (SSSR count). The number of anilines is 1. The topological polar surface area (TPSA) is 41.6 Å². The highest BCUT2D eigenvalue weighted by Gasteiger charge is 2.31. The Labute approximate surface area is 114 Å². The molecule has 1 N–H and O–H groups in total. The van der Waals surface area contributed by atoms with Crippen LogP contribution in [0.5, 0.6) is 5.75 Å². The number of hydrogen-bond acceptors (Lipinski definition) is 3. The van der Waals surface area contributed by atoms with E-state index in [9.17, 15) is 18.0 Å². The highest BCUT2D eigenvalue weighted by atomic mass is 19.4. The first-order valence-corrected chi connectivity index (χ1v) is 6.21. The van der Waals surface area contributed by atoms with Crippen LogP contribution in [0.2, 0.25) is 0 Å². The average molecular weight is 288 g/mol. The quantitative estimate of drug-likeness (QED) is 0.926. The zero-order valence-electron chi connectivity index (χ0n) is 10.9. The molecule has 4 nitrogen and oxygen atoms in total. The molecule has 110 valence electrons. The third-order valence-corrected chi connectivity index (χ3v) is 3.20. The molecular weight excluding hydrogens is 273 g/mol. The van der Waals surface area contributed by atoms with Crippen molar-refractivity contribution in [1.82, 2.24) is 5.32 Å². The second-order valence-corrected chi connectivity index (χ2v) is 4.63. The molecule has 1 fully saturated rings. The number of benzene rings is 1. The molecule has 1 atom stereocenters. The molecule has 0 radical (unpaired) electrons. The number of amides is 1. The lowest BCUT2D eigenvalue weighted by Gasteiger charge is -2.21. The Morgan fingerprint density at radius 3 is 2.50 bits per heavy atom. The Morgan fingerprint density at radius 1 is 1.35 bits per heavy atom. The summed E-state index contributed by atoms with van der Waals surface area (Å²) in [6, 6.07) is 5.25. The number of carbonyl (C=O) groups is 1. The molecule has 1 aliphatic rings. The van der Waals surface area contributed by atoms with Crippen molar-refractivity contribution in [2.75, 3.05) is 25.0 Å². The Morgan fingerprint density at radius 2 is 2.00 bits per heavy atom. The van der Waals surface area contributed by atoms with Gasteiger partial charge in [0.05, 0.1) is 5.92 Å². The minimum Gasteiger partial charge on any atom is -0.406 e. The van der Waals surface area contributed by atoms with E-state index in [1.54, 1.807) is 7.05 Å². The van der Waals surface area contributed by atoms with Crippen LogP contribution in [-0.2, 0) is 4.79 Å². The summed E-state index contributed by atoms with van der Waals surface area (Å²) < 4.78 is 39.9. The van der Waals surface area contributed by atoms with Crippen LogP contribution < -0.4 is 15.0 Å². The maximum atomic E-state index is 12.1. The first kappa shape index (κ1) is 14.6. The van der Waals surface area contributed by atoms with E-state index in [2.05, 4.69) is 10.1 Å². The van der Waals surface area contributed by atoms with Gasteiger partial charge in [-0.15, -0.1) is 13.2 Å². The summed E-state index contributed by atoms with van der Waals surface area (Å²) in [6.45, 7) is 1.45.